The number of fused-ring (bicyclic) bond motifs is 5. The van der Waals surface area contributed by atoms with Crippen molar-refractivity contribution >= 4 is 29.1 Å². The number of amides is 3. The Morgan fingerprint density at radius 3 is 2.00 bits per heavy atom. The first-order valence-electron chi connectivity index (χ1n) is 9.99. The first-order valence-corrected chi connectivity index (χ1v) is 9.99. The van der Waals surface area contributed by atoms with E-state index in [4.69, 9.17) is 0 Å². The molecule has 0 aromatic heterocycles. The molecule has 4 atom stereocenters. The molecule has 5 rings (SSSR count). The number of anilines is 2. The fraction of sp³-hybridized carbons (Fsp3) is 0.292. The van der Waals surface area contributed by atoms with Crippen molar-refractivity contribution in [2.45, 2.75) is 20.3 Å². The van der Waals surface area contributed by atoms with Crippen molar-refractivity contribution in [2.24, 2.45) is 23.7 Å². The van der Waals surface area contributed by atoms with Crippen molar-refractivity contribution in [1.82, 2.24) is 0 Å². The maximum absolute atomic E-state index is 12.9. The molecule has 3 amide bonds. The zero-order valence-electron chi connectivity index (χ0n) is 16.4. The molecule has 3 aliphatic rings. The molecule has 1 N–H and O–H groups in total. The smallest absolute Gasteiger partial charge is 0.255 e. The van der Waals surface area contributed by atoms with E-state index in [0.717, 1.165) is 23.2 Å². The quantitative estimate of drug-likeness (QED) is 0.643. The molecule has 1 saturated carbocycles. The second kappa shape index (κ2) is 6.41. The van der Waals surface area contributed by atoms with Crippen LogP contribution in [0.5, 0.6) is 0 Å². The predicted octanol–water partition coefficient (Wildman–Crippen LogP) is 3.87. The van der Waals surface area contributed by atoms with E-state index in [1.165, 1.54) is 4.90 Å². The van der Waals surface area contributed by atoms with Crippen molar-refractivity contribution in [1.29, 1.82) is 0 Å². The van der Waals surface area contributed by atoms with Gasteiger partial charge in [0.05, 0.1) is 17.5 Å². The van der Waals surface area contributed by atoms with Gasteiger partial charge < -0.3 is 5.32 Å². The highest BCUT2D eigenvalue weighted by Crippen LogP contribution is 2.53. The minimum atomic E-state index is -0.218. The Hall–Kier alpha value is -3.21. The van der Waals surface area contributed by atoms with E-state index in [1.807, 2.05) is 32.0 Å². The maximum Gasteiger partial charge on any atom is 0.255 e. The molecule has 2 fully saturated rings. The summed E-state index contributed by atoms with van der Waals surface area (Å²) in [5.74, 6) is -0.488. The summed E-state index contributed by atoms with van der Waals surface area (Å²) in [6.07, 6.45) is 5.08. The van der Waals surface area contributed by atoms with Gasteiger partial charge in [-0.3, -0.25) is 19.3 Å². The van der Waals surface area contributed by atoms with Gasteiger partial charge in [0.2, 0.25) is 11.8 Å². The molecular weight excluding hydrogens is 364 g/mol. The number of carbonyl (C=O) groups is 3. The third kappa shape index (κ3) is 2.64. The van der Waals surface area contributed by atoms with E-state index in [9.17, 15) is 14.4 Å². The highest BCUT2D eigenvalue weighted by molar-refractivity contribution is 6.23. The average Bonchev–Trinajstić information content (AvgIpc) is 3.39. The number of hydrogen-bond donors (Lipinski definition) is 1. The lowest BCUT2D eigenvalue weighted by molar-refractivity contribution is -0.123. The summed E-state index contributed by atoms with van der Waals surface area (Å²) in [5, 5.41) is 2.96. The Balaban J connectivity index is 1.36. The number of nitrogens with one attached hydrogen (secondary N) is 1. The number of nitrogens with zero attached hydrogens (tertiary/aromatic N) is 1. The number of imide groups is 1. The standard InChI is InChI=1S/C24H22N2O3/c1-13-4-3-5-14(2)21(13)25-22(27)15-8-10-18(11-9-15)26-23(28)19-16-6-7-17(12-16)20(19)24(26)29/h3-11,16-17,19-20H,12H2,1-2H3,(H,25,27). The van der Waals surface area contributed by atoms with Gasteiger partial charge in [-0.1, -0.05) is 30.4 Å². The van der Waals surface area contributed by atoms with Gasteiger partial charge in [0.15, 0.2) is 0 Å². The molecule has 5 nitrogen and oxygen atoms in total. The first-order chi connectivity index (χ1) is 14.0. The zero-order valence-corrected chi connectivity index (χ0v) is 16.4. The summed E-state index contributed by atoms with van der Waals surface area (Å²) in [4.78, 5) is 39.8. The molecule has 4 unspecified atom stereocenters. The molecule has 146 valence electrons. The van der Waals surface area contributed by atoms with Crippen LogP contribution in [0.4, 0.5) is 11.4 Å². The SMILES string of the molecule is Cc1cccc(C)c1NC(=O)c1ccc(N2C(=O)C3C4C=CC(C4)C3C2=O)cc1. The van der Waals surface area contributed by atoms with Crippen LogP contribution in [-0.4, -0.2) is 17.7 Å². The minimum absolute atomic E-state index is 0.107. The lowest BCUT2D eigenvalue weighted by atomic mass is 9.85. The molecule has 2 bridgehead atoms. The number of hydrogen-bond acceptors (Lipinski definition) is 3. The molecule has 0 radical (unpaired) electrons. The fourth-order valence-electron chi connectivity index (χ4n) is 5.12. The number of para-hydroxylation sites is 1. The van der Waals surface area contributed by atoms with Crippen LogP contribution in [-0.2, 0) is 9.59 Å². The van der Waals surface area contributed by atoms with Gasteiger partial charge in [-0.15, -0.1) is 0 Å². The Morgan fingerprint density at radius 1 is 0.897 bits per heavy atom. The predicted molar refractivity (Wildman–Crippen MR) is 111 cm³/mol. The van der Waals surface area contributed by atoms with Crippen LogP contribution in [0.15, 0.2) is 54.6 Å². The van der Waals surface area contributed by atoms with Crippen molar-refractivity contribution < 1.29 is 14.4 Å². The highest BCUT2D eigenvalue weighted by Gasteiger charge is 2.59. The first kappa shape index (κ1) is 17.9. The Kier molecular flexibility index (Phi) is 3.95. The molecule has 2 aliphatic carbocycles. The minimum Gasteiger partial charge on any atom is -0.322 e. The molecule has 1 saturated heterocycles. The van der Waals surface area contributed by atoms with Gasteiger partial charge in [-0.2, -0.15) is 0 Å². The number of aryl methyl sites for hydroxylation is 2. The Morgan fingerprint density at radius 2 is 1.45 bits per heavy atom. The van der Waals surface area contributed by atoms with Crippen LogP contribution in [0.3, 0.4) is 0 Å². The number of allylic oxidation sites excluding steroid dienone is 2. The van der Waals surface area contributed by atoms with Gasteiger partial charge >= 0.3 is 0 Å². The van der Waals surface area contributed by atoms with E-state index < -0.39 is 0 Å². The molecule has 5 heteroatoms. The summed E-state index contributed by atoms with van der Waals surface area (Å²) in [6, 6.07) is 12.6. The lowest BCUT2D eigenvalue weighted by Gasteiger charge is -2.17. The molecule has 2 aromatic rings. The van der Waals surface area contributed by atoms with Crippen molar-refractivity contribution in [2.75, 3.05) is 10.2 Å². The van der Waals surface area contributed by atoms with Gasteiger partial charge in [0.1, 0.15) is 0 Å². The summed E-state index contributed by atoms with van der Waals surface area (Å²) < 4.78 is 0. The van der Waals surface area contributed by atoms with Crippen LogP contribution in [0.25, 0.3) is 0 Å². The average molecular weight is 386 g/mol. The van der Waals surface area contributed by atoms with E-state index in [2.05, 4.69) is 17.5 Å². The Bertz CT molecular complexity index is 1020. The monoisotopic (exact) mass is 386 g/mol. The second-order valence-corrected chi connectivity index (χ2v) is 8.28. The van der Waals surface area contributed by atoms with E-state index >= 15 is 0 Å². The molecular formula is C24H22N2O3. The van der Waals surface area contributed by atoms with Gasteiger partial charge in [0, 0.05) is 11.3 Å². The van der Waals surface area contributed by atoms with Gasteiger partial charge in [-0.25, -0.2) is 0 Å². The van der Waals surface area contributed by atoms with Crippen molar-refractivity contribution in [3.05, 3.63) is 71.3 Å². The third-order valence-corrected chi connectivity index (χ3v) is 6.58. The lowest BCUT2D eigenvalue weighted by Crippen LogP contribution is -2.32. The van der Waals surface area contributed by atoms with Crippen LogP contribution >= 0.6 is 0 Å². The second-order valence-electron chi connectivity index (χ2n) is 8.28. The van der Waals surface area contributed by atoms with E-state index in [1.54, 1.807) is 24.3 Å². The van der Waals surface area contributed by atoms with Crippen LogP contribution in [0.2, 0.25) is 0 Å². The van der Waals surface area contributed by atoms with Crippen molar-refractivity contribution in [3.8, 4) is 0 Å². The summed E-state index contributed by atoms with van der Waals surface area (Å²) >= 11 is 0. The summed E-state index contributed by atoms with van der Waals surface area (Å²) in [5.41, 5.74) is 3.83. The zero-order chi connectivity index (χ0) is 20.3. The Labute approximate surface area is 169 Å². The largest absolute Gasteiger partial charge is 0.322 e. The highest BCUT2D eigenvalue weighted by atomic mass is 16.2. The topological polar surface area (TPSA) is 66.5 Å². The molecule has 1 aliphatic heterocycles. The van der Waals surface area contributed by atoms with E-state index in [-0.39, 0.29) is 41.4 Å². The summed E-state index contributed by atoms with van der Waals surface area (Å²) in [6.45, 7) is 3.91. The molecule has 0 spiro atoms. The van der Waals surface area contributed by atoms with Gasteiger partial charge in [0.25, 0.3) is 5.91 Å². The summed E-state index contributed by atoms with van der Waals surface area (Å²) in [7, 11) is 0. The molecule has 2 aromatic carbocycles. The van der Waals surface area contributed by atoms with Gasteiger partial charge in [-0.05, 0) is 67.5 Å². The number of rotatable bonds is 3. The van der Waals surface area contributed by atoms with E-state index in [0.29, 0.717) is 11.3 Å². The normalized spacial score (nSPS) is 26.9. The molecule has 29 heavy (non-hydrogen) atoms. The van der Waals surface area contributed by atoms with Crippen LogP contribution < -0.4 is 10.2 Å². The maximum atomic E-state index is 12.9. The fourth-order valence-corrected chi connectivity index (χ4v) is 5.12. The number of carbonyl (C=O) groups excluding carboxylic acids is 3. The van der Waals surface area contributed by atoms with Crippen molar-refractivity contribution in [3.63, 3.8) is 0 Å². The van der Waals surface area contributed by atoms with Crippen LogP contribution in [0, 0.1) is 37.5 Å². The number of benzene rings is 2. The molecule has 1 heterocycles. The third-order valence-electron chi connectivity index (χ3n) is 6.58. The van der Waals surface area contributed by atoms with Crippen LogP contribution in [0.1, 0.15) is 27.9 Å².